The van der Waals surface area contributed by atoms with E-state index in [0.29, 0.717) is 6.54 Å². The topological polar surface area (TPSA) is 91.1 Å². The van der Waals surface area contributed by atoms with E-state index in [1.165, 1.54) is 12.1 Å². The Kier molecular flexibility index (Phi) is 4.28. The minimum Gasteiger partial charge on any atom is -0.326 e. The van der Waals surface area contributed by atoms with Crippen molar-refractivity contribution in [3.8, 4) is 16.9 Å². The molecule has 0 atom stereocenters. The van der Waals surface area contributed by atoms with Crippen LogP contribution in [0.15, 0.2) is 65.7 Å². The van der Waals surface area contributed by atoms with Gasteiger partial charge in [0.25, 0.3) is 0 Å². The van der Waals surface area contributed by atoms with E-state index >= 15 is 0 Å². The number of benzene rings is 2. The third-order valence-corrected chi connectivity index (χ3v) is 4.81. The van der Waals surface area contributed by atoms with E-state index in [1.807, 2.05) is 42.0 Å². The number of nitrogens with two attached hydrogens (primary N) is 2. The fraction of sp³-hybridized carbons (Fsp3) is 0.111. The highest BCUT2D eigenvalue weighted by Crippen LogP contribution is 2.26. The van der Waals surface area contributed by atoms with Crippen molar-refractivity contribution in [2.24, 2.45) is 10.9 Å². The minimum atomic E-state index is -3.69. The van der Waals surface area contributed by atoms with Crippen molar-refractivity contribution in [3.63, 3.8) is 0 Å². The predicted octanol–water partition coefficient (Wildman–Crippen LogP) is 2.56. The first kappa shape index (κ1) is 16.4. The van der Waals surface area contributed by atoms with Crippen LogP contribution in [0, 0.1) is 6.92 Å². The standard InChI is InChI=1S/C18H19N3O2S/c1-13-10-18(15-4-2-14(11-19)3-5-15)21(12-13)16-6-8-17(9-7-16)24(20,22)23/h2-10,12H,11,19H2,1H3,(H2,20,22,23). The van der Waals surface area contributed by atoms with Crippen molar-refractivity contribution in [1.29, 1.82) is 0 Å². The van der Waals surface area contributed by atoms with E-state index in [-0.39, 0.29) is 4.90 Å². The maximum Gasteiger partial charge on any atom is 0.238 e. The van der Waals surface area contributed by atoms with Crippen LogP contribution in [0.2, 0.25) is 0 Å². The lowest BCUT2D eigenvalue weighted by Gasteiger charge is -2.10. The molecule has 1 heterocycles. The van der Waals surface area contributed by atoms with Gasteiger partial charge in [-0.1, -0.05) is 24.3 Å². The first-order chi connectivity index (χ1) is 11.4. The van der Waals surface area contributed by atoms with Gasteiger partial charge in [-0.3, -0.25) is 0 Å². The Morgan fingerprint density at radius 2 is 1.62 bits per heavy atom. The maximum atomic E-state index is 11.4. The molecule has 0 bridgehead atoms. The summed E-state index contributed by atoms with van der Waals surface area (Å²) in [6.07, 6.45) is 2.01. The molecular formula is C18H19N3O2S. The third kappa shape index (κ3) is 3.26. The molecule has 4 N–H and O–H groups in total. The Hall–Kier alpha value is -2.41. The van der Waals surface area contributed by atoms with E-state index in [0.717, 1.165) is 28.1 Å². The van der Waals surface area contributed by atoms with Gasteiger partial charge in [0.05, 0.1) is 10.6 Å². The molecule has 0 unspecified atom stereocenters. The summed E-state index contributed by atoms with van der Waals surface area (Å²) >= 11 is 0. The molecule has 0 aliphatic rings. The molecule has 6 heteroatoms. The van der Waals surface area contributed by atoms with Crippen LogP contribution in [0.1, 0.15) is 11.1 Å². The summed E-state index contributed by atoms with van der Waals surface area (Å²) in [5.74, 6) is 0. The molecule has 2 aromatic carbocycles. The van der Waals surface area contributed by atoms with Gasteiger partial charge in [0.15, 0.2) is 0 Å². The average molecular weight is 341 g/mol. The van der Waals surface area contributed by atoms with Crippen molar-refractivity contribution in [1.82, 2.24) is 4.57 Å². The summed E-state index contributed by atoms with van der Waals surface area (Å²) in [6.45, 7) is 2.53. The van der Waals surface area contributed by atoms with Crippen LogP contribution < -0.4 is 10.9 Å². The van der Waals surface area contributed by atoms with Crippen LogP contribution in [0.4, 0.5) is 0 Å². The molecule has 24 heavy (non-hydrogen) atoms. The van der Waals surface area contributed by atoms with Gasteiger partial charge in [-0.2, -0.15) is 0 Å². The number of nitrogens with zero attached hydrogens (tertiary/aromatic N) is 1. The van der Waals surface area contributed by atoms with E-state index in [9.17, 15) is 8.42 Å². The second kappa shape index (κ2) is 6.24. The molecule has 0 saturated carbocycles. The van der Waals surface area contributed by atoms with Crippen LogP contribution >= 0.6 is 0 Å². The molecular weight excluding hydrogens is 322 g/mol. The number of aromatic nitrogens is 1. The molecule has 0 spiro atoms. The van der Waals surface area contributed by atoms with Gasteiger partial charge >= 0.3 is 0 Å². The zero-order valence-electron chi connectivity index (χ0n) is 13.3. The Labute approximate surface area is 141 Å². The van der Waals surface area contributed by atoms with Gasteiger partial charge in [-0.05, 0) is 53.9 Å². The van der Waals surface area contributed by atoms with Gasteiger partial charge in [0.1, 0.15) is 0 Å². The lowest BCUT2D eigenvalue weighted by atomic mass is 10.1. The SMILES string of the molecule is Cc1cc(-c2ccc(CN)cc2)n(-c2ccc(S(N)(=O)=O)cc2)c1. The number of hydrogen-bond acceptors (Lipinski definition) is 3. The van der Waals surface area contributed by atoms with E-state index in [4.69, 9.17) is 10.9 Å². The van der Waals surface area contributed by atoms with Crippen LogP contribution in [0.5, 0.6) is 0 Å². The average Bonchev–Trinajstić information content (AvgIpc) is 2.96. The highest BCUT2D eigenvalue weighted by molar-refractivity contribution is 7.89. The first-order valence-corrected chi connectivity index (χ1v) is 9.05. The predicted molar refractivity (Wildman–Crippen MR) is 95.2 cm³/mol. The number of sulfonamides is 1. The Bertz CT molecular complexity index is 957. The molecule has 0 saturated heterocycles. The molecule has 0 aliphatic heterocycles. The fourth-order valence-corrected chi connectivity index (χ4v) is 3.16. The van der Waals surface area contributed by atoms with Crippen molar-refractivity contribution < 1.29 is 8.42 Å². The third-order valence-electron chi connectivity index (χ3n) is 3.89. The van der Waals surface area contributed by atoms with Crippen molar-refractivity contribution in [3.05, 3.63) is 71.9 Å². The first-order valence-electron chi connectivity index (χ1n) is 7.50. The number of rotatable bonds is 4. The van der Waals surface area contributed by atoms with Gasteiger partial charge < -0.3 is 10.3 Å². The molecule has 1 aromatic heterocycles. The van der Waals surface area contributed by atoms with E-state index in [2.05, 4.69) is 6.07 Å². The quantitative estimate of drug-likeness (QED) is 0.764. The summed E-state index contributed by atoms with van der Waals surface area (Å²) in [7, 11) is -3.69. The Morgan fingerprint density at radius 3 is 2.17 bits per heavy atom. The lowest BCUT2D eigenvalue weighted by Crippen LogP contribution is -2.12. The fourth-order valence-electron chi connectivity index (χ4n) is 2.64. The molecule has 124 valence electrons. The zero-order valence-corrected chi connectivity index (χ0v) is 14.1. The number of aryl methyl sites for hydroxylation is 1. The molecule has 3 aromatic rings. The van der Waals surface area contributed by atoms with Gasteiger partial charge in [-0.15, -0.1) is 0 Å². The molecule has 3 rings (SSSR count). The summed E-state index contributed by atoms with van der Waals surface area (Å²) in [5.41, 5.74) is 10.8. The van der Waals surface area contributed by atoms with Crippen LogP contribution in [-0.2, 0) is 16.6 Å². The van der Waals surface area contributed by atoms with Crippen molar-refractivity contribution >= 4 is 10.0 Å². The molecule has 0 radical (unpaired) electrons. The van der Waals surface area contributed by atoms with Crippen molar-refractivity contribution in [2.45, 2.75) is 18.4 Å². The summed E-state index contributed by atoms with van der Waals surface area (Å²) in [4.78, 5) is 0.101. The second-order valence-electron chi connectivity index (χ2n) is 5.71. The number of primary sulfonamides is 1. The van der Waals surface area contributed by atoms with Crippen LogP contribution in [0.25, 0.3) is 16.9 Å². The number of hydrogen-bond donors (Lipinski definition) is 2. The Morgan fingerprint density at radius 1 is 1.00 bits per heavy atom. The van der Waals surface area contributed by atoms with Gasteiger partial charge in [0, 0.05) is 18.4 Å². The van der Waals surface area contributed by atoms with Crippen LogP contribution in [0.3, 0.4) is 0 Å². The molecule has 0 amide bonds. The summed E-state index contributed by atoms with van der Waals surface area (Å²) in [5, 5.41) is 5.15. The lowest BCUT2D eigenvalue weighted by molar-refractivity contribution is 0.598. The monoisotopic (exact) mass is 341 g/mol. The van der Waals surface area contributed by atoms with E-state index < -0.39 is 10.0 Å². The van der Waals surface area contributed by atoms with E-state index in [1.54, 1.807) is 12.1 Å². The van der Waals surface area contributed by atoms with Crippen molar-refractivity contribution in [2.75, 3.05) is 0 Å². The Balaban J connectivity index is 2.05. The van der Waals surface area contributed by atoms with Gasteiger partial charge in [0.2, 0.25) is 10.0 Å². The molecule has 0 aliphatic carbocycles. The van der Waals surface area contributed by atoms with Gasteiger partial charge in [-0.25, -0.2) is 13.6 Å². The minimum absolute atomic E-state index is 0.101. The summed E-state index contributed by atoms with van der Waals surface area (Å²) < 4.78 is 24.8. The highest BCUT2D eigenvalue weighted by Gasteiger charge is 2.11. The summed E-state index contributed by atoms with van der Waals surface area (Å²) in [6, 6.07) is 16.7. The molecule has 0 fully saturated rings. The molecule has 5 nitrogen and oxygen atoms in total. The smallest absolute Gasteiger partial charge is 0.238 e. The zero-order chi connectivity index (χ0) is 17.3. The highest BCUT2D eigenvalue weighted by atomic mass is 32.2. The maximum absolute atomic E-state index is 11.4. The van der Waals surface area contributed by atoms with Crippen LogP contribution in [-0.4, -0.2) is 13.0 Å². The second-order valence-corrected chi connectivity index (χ2v) is 7.27. The largest absolute Gasteiger partial charge is 0.326 e. The normalized spacial score (nSPS) is 11.6.